The van der Waals surface area contributed by atoms with Crippen molar-refractivity contribution in [1.82, 2.24) is 15.6 Å². The molecule has 5 nitrogen and oxygen atoms in total. The number of fused-ring (bicyclic) bond motifs is 1. The van der Waals surface area contributed by atoms with Gasteiger partial charge >= 0.3 is 0 Å². The molecule has 0 aliphatic rings. The molecule has 0 bridgehead atoms. The minimum atomic E-state index is 0.458. The number of guanidine groups is 1. The fourth-order valence-corrected chi connectivity index (χ4v) is 3.49. The summed E-state index contributed by atoms with van der Waals surface area (Å²) < 4.78 is 5.86. The lowest BCUT2D eigenvalue weighted by Crippen LogP contribution is -2.38. The van der Waals surface area contributed by atoms with E-state index in [1.807, 2.05) is 18.2 Å². The Labute approximate surface area is 158 Å². The van der Waals surface area contributed by atoms with Crippen molar-refractivity contribution in [2.45, 2.75) is 39.7 Å². The molecule has 3 rings (SSSR count). The second-order valence-electron chi connectivity index (χ2n) is 6.44. The number of aliphatic imine (C=N–C) groups is 1. The lowest BCUT2D eigenvalue weighted by Gasteiger charge is -2.10. The smallest absolute Gasteiger partial charge is 0.191 e. The van der Waals surface area contributed by atoms with Gasteiger partial charge in [0.2, 0.25) is 0 Å². The molecule has 2 N–H and O–H groups in total. The molecule has 6 heteroatoms. The number of furan rings is 1. The standard InChI is InChI=1S/C20H26N4OS/c1-4-21-20(23-12-19-24-17(13-26-19)14(2)3)22-10-9-16-11-15-7-5-6-8-18(15)25-16/h5-8,11,13-14H,4,9-10,12H2,1-3H3,(H2,21,22,23). The van der Waals surface area contributed by atoms with Crippen molar-refractivity contribution in [1.29, 1.82) is 0 Å². The highest BCUT2D eigenvalue weighted by molar-refractivity contribution is 7.09. The van der Waals surface area contributed by atoms with Gasteiger partial charge in [-0.05, 0) is 25.0 Å². The van der Waals surface area contributed by atoms with Gasteiger partial charge < -0.3 is 15.1 Å². The fraction of sp³-hybridized carbons (Fsp3) is 0.400. The maximum Gasteiger partial charge on any atom is 0.191 e. The Hall–Kier alpha value is -2.34. The largest absolute Gasteiger partial charge is 0.461 e. The summed E-state index contributed by atoms with van der Waals surface area (Å²) in [5.41, 5.74) is 2.08. The Balaban J connectivity index is 1.55. The molecule has 0 spiro atoms. The zero-order valence-electron chi connectivity index (χ0n) is 15.6. The molecule has 0 aliphatic carbocycles. The van der Waals surface area contributed by atoms with E-state index < -0.39 is 0 Å². The van der Waals surface area contributed by atoms with Gasteiger partial charge in [0.05, 0.1) is 12.2 Å². The summed E-state index contributed by atoms with van der Waals surface area (Å²) in [4.78, 5) is 9.28. The van der Waals surface area contributed by atoms with Gasteiger partial charge in [-0.25, -0.2) is 9.98 Å². The molecule has 0 radical (unpaired) electrons. The van der Waals surface area contributed by atoms with Gasteiger partial charge in [-0.1, -0.05) is 32.0 Å². The Kier molecular flexibility index (Phi) is 6.28. The lowest BCUT2D eigenvalue weighted by atomic mass is 10.2. The Morgan fingerprint density at radius 2 is 2.12 bits per heavy atom. The highest BCUT2D eigenvalue weighted by Crippen LogP contribution is 2.19. The Morgan fingerprint density at radius 1 is 1.27 bits per heavy atom. The molecule has 0 fully saturated rings. The van der Waals surface area contributed by atoms with E-state index in [0.29, 0.717) is 12.5 Å². The molecule has 0 aliphatic heterocycles. The number of para-hydroxylation sites is 1. The normalized spacial score (nSPS) is 12.1. The van der Waals surface area contributed by atoms with Gasteiger partial charge in [-0.2, -0.15) is 0 Å². The van der Waals surface area contributed by atoms with Gasteiger partial charge in [-0.3, -0.25) is 0 Å². The first-order chi connectivity index (χ1) is 12.7. The minimum Gasteiger partial charge on any atom is -0.461 e. The van der Waals surface area contributed by atoms with Gasteiger partial charge in [0.15, 0.2) is 5.96 Å². The summed E-state index contributed by atoms with van der Waals surface area (Å²) in [7, 11) is 0. The summed E-state index contributed by atoms with van der Waals surface area (Å²) in [6.07, 6.45) is 0.813. The zero-order valence-corrected chi connectivity index (χ0v) is 16.4. The molecule has 0 atom stereocenters. The SMILES string of the molecule is CCNC(=NCc1nc(C(C)C)cs1)NCCc1cc2ccccc2o1. The van der Waals surface area contributed by atoms with E-state index in [0.717, 1.165) is 52.9 Å². The number of benzene rings is 1. The van der Waals surface area contributed by atoms with Crippen LogP contribution >= 0.6 is 11.3 Å². The van der Waals surface area contributed by atoms with Crippen LogP contribution in [0.3, 0.4) is 0 Å². The topological polar surface area (TPSA) is 62.5 Å². The average molecular weight is 371 g/mol. The van der Waals surface area contributed by atoms with Crippen molar-refractivity contribution in [3.63, 3.8) is 0 Å². The van der Waals surface area contributed by atoms with Gasteiger partial charge in [0.25, 0.3) is 0 Å². The summed E-state index contributed by atoms with van der Waals surface area (Å²) >= 11 is 1.67. The maximum atomic E-state index is 5.86. The van der Waals surface area contributed by atoms with Gasteiger partial charge in [0, 0.05) is 30.3 Å². The molecule has 3 aromatic rings. The van der Waals surface area contributed by atoms with Crippen LogP contribution in [0.25, 0.3) is 11.0 Å². The van der Waals surface area contributed by atoms with Crippen LogP contribution in [0.1, 0.15) is 43.2 Å². The Morgan fingerprint density at radius 3 is 2.85 bits per heavy atom. The highest BCUT2D eigenvalue weighted by Gasteiger charge is 2.06. The molecule has 0 saturated heterocycles. The van der Waals surface area contributed by atoms with Crippen molar-refractivity contribution in [3.8, 4) is 0 Å². The fourth-order valence-electron chi connectivity index (χ4n) is 2.62. The molecule has 0 saturated carbocycles. The number of aromatic nitrogens is 1. The van der Waals surface area contributed by atoms with Crippen LogP contribution in [0, 0.1) is 0 Å². The third-order valence-corrected chi connectivity index (χ3v) is 4.87. The van der Waals surface area contributed by atoms with E-state index in [2.05, 4.69) is 58.9 Å². The number of thiazole rings is 1. The molecule has 26 heavy (non-hydrogen) atoms. The van der Waals surface area contributed by atoms with Gasteiger partial charge in [-0.15, -0.1) is 11.3 Å². The minimum absolute atomic E-state index is 0.458. The van der Waals surface area contributed by atoms with Crippen LogP contribution in [0.15, 0.2) is 45.1 Å². The number of rotatable bonds is 7. The van der Waals surface area contributed by atoms with E-state index in [9.17, 15) is 0 Å². The number of hydrogen-bond donors (Lipinski definition) is 2. The predicted octanol–water partition coefficient (Wildman–Crippen LogP) is 4.31. The molecule has 2 heterocycles. The monoisotopic (exact) mass is 370 g/mol. The van der Waals surface area contributed by atoms with E-state index in [1.54, 1.807) is 11.3 Å². The van der Waals surface area contributed by atoms with E-state index in [-0.39, 0.29) is 0 Å². The molecule has 138 valence electrons. The number of nitrogens with one attached hydrogen (secondary N) is 2. The molecular formula is C20H26N4OS. The van der Waals surface area contributed by atoms with Crippen LogP contribution < -0.4 is 10.6 Å². The number of hydrogen-bond acceptors (Lipinski definition) is 4. The van der Waals surface area contributed by atoms with E-state index >= 15 is 0 Å². The molecule has 2 aromatic heterocycles. The molecule has 0 unspecified atom stereocenters. The first-order valence-corrected chi connectivity index (χ1v) is 9.97. The first-order valence-electron chi connectivity index (χ1n) is 9.09. The predicted molar refractivity (Wildman–Crippen MR) is 109 cm³/mol. The number of nitrogens with zero attached hydrogens (tertiary/aromatic N) is 2. The van der Waals surface area contributed by atoms with Crippen LogP contribution in [-0.2, 0) is 13.0 Å². The summed E-state index contributed by atoms with van der Waals surface area (Å²) in [5, 5.41) is 11.0. The van der Waals surface area contributed by atoms with Crippen molar-refractivity contribution in [3.05, 3.63) is 52.2 Å². The summed E-state index contributed by atoms with van der Waals surface area (Å²) in [5.74, 6) is 2.25. The second-order valence-corrected chi connectivity index (χ2v) is 7.39. The van der Waals surface area contributed by atoms with Gasteiger partial charge in [0.1, 0.15) is 16.4 Å². The van der Waals surface area contributed by atoms with Crippen molar-refractivity contribution in [2.24, 2.45) is 4.99 Å². The lowest BCUT2D eigenvalue weighted by molar-refractivity contribution is 0.544. The van der Waals surface area contributed by atoms with Crippen LogP contribution in [0.2, 0.25) is 0 Å². The van der Waals surface area contributed by atoms with E-state index in [1.165, 1.54) is 0 Å². The average Bonchev–Trinajstić information content (AvgIpc) is 3.26. The van der Waals surface area contributed by atoms with Crippen LogP contribution in [-0.4, -0.2) is 24.0 Å². The van der Waals surface area contributed by atoms with Crippen LogP contribution in [0.4, 0.5) is 0 Å². The van der Waals surface area contributed by atoms with E-state index in [4.69, 9.17) is 4.42 Å². The molecular weight excluding hydrogens is 344 g/mol. The highest BCUT2D eigenvalue weighted by atomic mass is 32.1. The molecule has 0 amide bonds. The second kappa shape index (κ2) is 8.85. The van der Waals surface area contributed by atoms with Crippen molar-refractivity contribution >= 4 is 28.3 Å². The quantitative estimate of drug-likeness (QED) is 0.480. The van der Waals surface area contributed by atoms with Crippen molar-refractivity contribution < 1.29 is 4.42 Å². The summed E-state index contributed by atoms with van der Waals surface area (Å²) in [6.45, 7) is 8.57. The third-order valence-electron chi connectivity index (χ3n) is 4.02. The Bertz CT molecular complexity index is 832. The maximum absolute atomic E-state index is 5.86. The molecule has 1 aromatic carbocycles. The first kappa shape index (κ1) is 18.5. The third kappa shape index (κ3) is 4.85. The summed E-state index contributed by atoms with van der Waals surface area (Å²) in [6, 6.07) is 10.2. The van der Waals surface area contributed by atoms with Crippen LogP contribution in [0.5, 0.6) is 0 Å². The zero-order chi connectivity index (χ0) is 18.4. The van der Waals surface area contributed by atoms with Crippen molar-refractivity contribution in [2.75, 3.05) is 13.1 Å².